The van der Waals surface area contributed by atoms with Gasteiger partial charge in [0.25, 0.3) is 0 Å². The highest BCUT2D eigenvalue weighted by molar-refractivity contribution is 5.82. The van der Waals surface area contributed by atoms with Gasteiger partial charge in [0.2, 0.25) is 0 Å². The number of aliphatic hydroxyl groups is 1. The Hall–Kier alpha value is -0.370. The maximum Gasteiger partial charge on any atom is 0.135 e. The quantitative estimate of drug-likeness (QED) is 0.480. The van der Waals surface area contributed by atoms with Crippen LogP contribution in [0.3, 0.4) is 0 Å². The van der Waals surface area contributed by atoms with Crippen molar-refractivity contribution in [1.29, 1.82) is 0 Å². The van der Waals surface area contributed by atoms with E-state index in [9.17, 15) is 9.90 Å². The molecule has 4 saturated carbocycles. The summed E-state index contributed by atoms with van der Waals surface area (Å²) in [6, 6.07) is 0. The maximum absolute atomic E-state index is 13.0. The van der Waals surface area contributed by atoms with Crippen LogP contribution in [0.4, 0.5) is 0 Å². The molecule has 4 rings (SSSR count). The van der Waals surface area contributed by atoms with E-state index in [1.54, 1.807) is 0 Å². The molecule has 0 unspecified atom stereocenters. The predicted octanol–water partition coefficient (Wildman–Crippen LogP) is 7.82. The summed E-state index contributed by atoms with van der Waals surface area (Å²) in [6.45, 7) is 19.9. The first-order chi connectivity index (χ1) is 14.7. The molecule has 1 N–H and O–H groups in total. The number of hydrogen-bond donors (Lipinski definition) is 1. The fourth-order valence-electron chi connectivity index (χ4n) is 10.5. The van der Waals surface area contributed by atoms with Crippen molar-refractivity contribution in [2.24, 2.45) is 50.2 Å². The van der Waals surface area contributed by atoms with Gasteiger partial charge in [-0.1, -0.05) is 48.5 Å². The van der Waals surface area contributed by atoms with Gasteiger partial charge in [0.15, 0.2) is 0 Å². The third-order valence-electron chi connectivity index (χ3n) is 13.0. The molecule has 32 heavy (non-hydrogen) atoms. The van der Waals surface area contributed by atoms with E-state index < -0.39 is 0 Å². The van der Waals surface area contributed by atoms with Crippen molar-refractivity contribution in [2.75, 3.05) is 6.61 Å². The topological polar surface area (TPSA) is 37.3 Å². The third-order valence-corrected chi connectivity index (χ3v) is 13.0. The molecule has 4 aliphatic carbocycles. The van der Waals surface area contributed by atoms with Crippen LogP contribution in [-0.4, -0.2) is 17.5 Å². The molecule has 4 fully saturated rings. The van der Waals surface area contributed by atoms with E-state index in [0.29, 0.717) is 39.3 Å². The number of Topliss-reactive ketones (excluding diaryl/α,β-unsaturated/α-hetero) is 1. The summed E-state index contributed by atoms with van der Waals surface area (Å²) < 4.78 is 0. The molecule has 0 radical (unpaired) electrons. The van der Waals surface area contributed by atoms with E-state index in [-0.39, 0.29) is 17.4 Å². The van der Waals surface area contributed by atoms with E-state index in [1.807, 2.05) is 6.92 Å². The number of carbonyl (C=O) groups excluding carboxylic acids is 1. The minimum absolute atomic E-state index is 0.208. The smallest absolute Gasteiger partial charge is 0.135 e. The van der Waals surface area contributed by atoms with Crippen molar-refractivity contribution in [2.45, 2.75) is 126 Å². The van der Waals surface area contributed by atoms with E-state index in [1.165, 1.54) is 51.4 Å². The maximum atomic E-state index is 13.0. The Morgan fingerprint density at radius 2 is 1.41 bits per heavy atom. The summed E-state index contributed by atoms with van der Waals surface area (Å²) in [5.41, 5.74) is 1.72. The van der Waals surface area contributed by atoms with Crippen molar-refractivity contribution in [3.8, 4) is 0 Å². The first kappa shape index (κ1) is 24.7. The van der Waals surface area contributed by atoms with Gasteiger partial charge in [0.05, 0.1) is 0 Å². The van der Waals surface area contributed by atoms with Crippen molar-refractivity contribution >= 4 is 5.78 Å². The lowest BCUT2D eigenvalue weighted by molar-refractivity contribution is -0.249. The summed E-state index contributed by atoms with van der Waals surface area (Å²) in [5.74, 6) is 2.29. The molecule has 0 saturated heterocycles. The molecule has 2 heteroatoms. The summed E-state index contributed by atoms with van der Waals surface area (Å²) in [4.78, 5) is 13.0. The van der Waals surface area contributed by atoms with Gasteiger partial charge in [0, 0.05) is 12.0 Å². The number of fused-ring (bicyclic) bond motifs is 5. The van der Waals surface area contributed by atoms with Gasteiger partial charge in [0.1, 0.15) is 5.78 Å². The van der Waals surface area contributed by atoms with Crippen LogP contribution in [0.1, 0.15) is 126 Å². The zero-order valence-corrected chi connectivity index (χ0v) is 22.6. The number of hydrogen-bond acceptors (Lipinski definition) is 2. The standard InChI is InChI=1S/C30H52O2/c1-21(32)27(5)12-11-23-28(6,22(27)10-9-19-31)16-18-30(8)24-20-25(2,3)13-14-26(24,4)15-17-29(23,30)7/h22-24,31H,9-20H2,1-8H3/t22-,23+,24-,26-,27-,28+,29-,30+/m1/s1. The minimum atomic E-state index is -0.222. The van der Waals surface area contributed by atoms with Crippen molar-refractivity contribution in [3.63, 3.8) is 0 Å². The fourth-order valence-corrected chi connectivity index (χ4v) is 10.5. The molecule has 2 nitrogen and oxygen atoms in total. The first-order valence-corrected chi connectivity index (χ1v) is 13.8. The van der Waals surface area contributed by atoms with Crippen LogP contribution in [0.5, 0.6) is 0 Å². The molecular formula is C30H52O2. The van der Waals surface area contributed by atoms with E-state index >= 15 is 0 Å². The highest BCUT2D eigenvalue weighted by Crippen LogP contribution is 2.77. The molecule has 0 aromatic heterocycles. The van der Waals surface area contributed by atoms with E-state index in [4.69, 9.17) is 0 Å². The molecule has 0 heterocycles. The number of ketones is 1. The highest BCUT2D eigenvalue weighted by atomic mass is 16.2. The van der Waals surface area contributed by atoms with Crippen LogP contribution in [0, 0.1) is 50.2 Å². The number of carbonyl (C=O) groups is 1. The van der Waals surface area contributed by atoms with Crippen LogP contribution in [0.2, 0.25) is 0 Å². The molecule has 0 amide bonds. The molecular weight excluding hydrogens is 392 g/mol. The molecule has 0 aromatic rings. The van der Waals surface area contributed by atoms with Gasteiger partial charge in [-0.2, -0.15) is 0 Å². The normalized spacial score (nSPS) is 52.5. The second-order valence-electron chi connectivity index (χ2n) is 14.9. The Morgan fingerprint density at radius 3 is 2.03 bits per heavy atom. The predicted molar refractivity (Wildman–Crippen MR) is 133 cm³/mol. The fraction of sp³-hybridized carbons (Fsp3) is 0.967. The van der Waals surface area contributed by atoms with E-state index in [2.05, 4.69) is 48.5 Å². The van der Waals surface area contributed by atoms with Gasteiger partial charge in [-0.15, -0.1) is 0 Å². The zero-order valence-electron chi connectivity index (χ0n) is 22.6. The Bertz CT molecular complexity index is 756. The second-order valence-corrected chi connectivity index (χ2v) is 14.9. The van der Waals surface area contributed by atoms with Gasteiger partial charge >= 0.3 is 0 Å². The van der Waals surface area contributed by atoms with Crippen molar-refractivity contribution in [3.05, 3.63) is 0 Å². The zero-order chi connectivity index (χ0) is 23.8. The third kappa shape index (κ3) is 3.24. The number of rotatable bonds is 4. The summed E-state index contributed by atoms with van der Waals surface area (Å²) in [5, 5.41) is 9.69. The molecule has 184 valence electrons. The summed E-state index contributed by atoms with van der Waals surface area (Å²) in [6.07, 6.45) is 13.6. The molecule has 0 aliphatic heterocycles. The first-order valence-electron chi connectivity index (χ1n) is 13.8. The van der Waals surface area contributed by atoms with Gasteiger partial charge in [-0.25, -0.2) is 0 Å². The lowest BCUT2D eigenvalue weighted by atomic mass is 9.31. The average molecular weight is 445 g/mol. The molecule has 0 bridgehead atoms. The minimum Gasteiger partial charge on any atom is -0.396 e. The lowest BCUT2D eigenvalue weighted by Gasteiger charge is -2.74. The Morgan fingerprint density at radius 1 is 0.812 bits per heavy atom. The molecule has 8 atom stereocenters. The molecule has 0 aromatic carbocycles. The van der Waals surface area contributed by atoms with Crippen molar-refractivity contribution < 1.29 is 9.90 Å². The monoisotopic (exact) mass is 444 g/mol. The molecule has 0 spiro atoms. The number of aliphatic hydroxyl groups excluding tert-OH is 1. The van der Waals surface area contributed by atoms with Crippen LogP contribution < -0.4 is 0 Å². The van der Waals surface area contributed by atoms with Gasteiger partial charge < -0.3 is 5.11 Å². The van der Waals surface area contributed by atoms with E-state index in [0.717, 1.165) is 25.2 Å². The summed E-state index contributed by atoms with van der Waals surface area (Å²) >= 11 is 0. The largest absolute Gasteiger partial charge is 0.396 e. The van der Waals surface area contributed by atoms with Crippen LogP contribution in [0.15, 0.2) is 0 Å². The van der Waals surface area contributed by atoms with Crippen molar-refractivity contribution in [1.82, 2.24) is 0 Å². The van der Waals surface area contributed by atoms with Crippen LogP contribution in [0.25, 0.3) is 0 Å². The SMILES string of the molecule is CC(=O)[C@@]1(C)CC[C@H]2[C@@](C)(CC[C@@]3(C)[C@@H]4CC(C)(C)CC[C@]4(C)CC[C@]23C)[C@@H]1CCCO. The average Bonchev–Trinajstić information content (AvgIpc) is 2.71. The van der Waals surface area contributed by atoms with Crippen LogP contribution in [-0.2, 0) is 4.79 Å². The Labute approximate surface area is 198 Å². The highest BCUT2D eigenvalue weighted by Gasteiger charge is 2.70. The molecule has 4 aliphatic rings. The second kappa shape index (κ2) is 7.56. The van der Waals surface area contributed by atoms with Gasteiger partial charge in [-0.3, -0.25) is 4.79 Å². The van der Waals surface area contributed by atoms with Gasteiger partial charge in [-0.05, 0) is 122 Å². The Kier molecular flexibility index (Phi) is 5.85. The summed E-state index contributed by atoms with van der Waals surface area (Å²) in [7, 11) is 0. The lowest BCUT2D eigenvalue weighted by Crippen LogP contribution is -2.67. The van der Waals surface area contributed by atoms with Crippen LogP contribution >= 0.6 is 0 Å². The Balaban J connectivity index is 1.76.